The summed E-state index contributed by atoms with van der Waals surface area (Å²) in [6, 6.07) is 18.6. The van der Waals surface area contributed by atoms with Crippen molar-refractivity contribution >= 4 is 40.1 Å². The van der Waals surface area contributed by atoms with E-state index < -0.39 is 5.25 Å². The van der Waals surface area contributed by atoms with Gasteiger partial charge in [-0.25, -0.2) is 4.99 Å². The molecule has 0 spiro atoms. The van der Waals surface area contributed by atoms with E-state index in [-0.39, 0.29) is 18.2 Å². The van der Waals surface area contributed by atoms with Crippen LogP contribution in [0, 0.1) is 0 Å². The van der Waals surface area contributed by atoms with Gasteiger partial charge in [0.15, 0.2) is 5.17 Å². The first-order chi connectivity index (χ1) is 11.2. The highest BCUT2D eigenvalue weighted by atomic mass is 32.2. The van der Waals surface area contributed by atoms with E-state index in [1.165, 1.54) is 11.8 Å². The lowest BCUT2D eigenvalue weighted by Gasteiger charge is -2.07. The van der Waals surface area contributed by atoms with Crippen molar-refractivity contribution in [1.82, 2.24) is 5.32 Å². The number of hydrogen-bond acceptors (Lipinski definition) is 4. The predicted octanol–water partition coefficient (Wildman–Crippen LogP) is 2.93. The molecule has 2 amide bonds. The summed E-state index contributed by atoms with van der Waals surface area (Å²) < 4.78 is 0. The van der Waals surface area contributed by atoms with Crippen LogP contribution in [0.2, 0.25) is 0 Å². The third-order valence-corrected chi connectivity index (χ3v) is 4.27. The number of para-hydroxylation sites is 2. The lowest BCUT2D eigenvalue weighted by atomic mass is 10.2. The Labute approximate surface area is 138 Å². The molecular weight excluding hydrogens is 310 g/mol. The SMILES string of the molecule is O=C(C[C@H]1SC(=Nc2ccccc2)NC1=O)Nc1ccccc1. The Bertz CT molecular complexity index is 732. The van der Waals surface area contributed by atoms with Gasteiger partial charge in [0.05, 0.1) is 5.69 Å². The highest BCUT2D eigenvalue weighted by Crippen LogP contribution is 2.25. The summed E-state index contributed by atoms with van der Waals surface area (Å²) in [6.45, 7) is 0. The smallest absolute Gasteiger partial charge is 0.240 e. The number of carbonyl (C=O) groups excluding carboxylic acids is 2. The van der Waals surface area contributed by atoms with Crippen LogP contribution < -0.4 is 10.6 Å². The molecule has 1 fully saturated rings. The molecule has 1 aliphatic rings. The lowest BCUT2D eigenvalue weighted by molar-refractivity contribution is -0.122. The van der Waals surface area contributed by atoms with Gasteiger partial charge in [-0.3, -0.25) is 9.59 Å². The van der Waals surface area contributed by atoms with Gasteiger partial charge in [-0.15, -0.1) is 0 Å². The van der Waals surface area contributed by atoms with Gasteiger partial charge in [0.1, 0.15) is 5.25 Å². The fourth-order valence-corrected chi connectivity index (χ4v) is 3.10. The molecule has 6 heteroatoms. The highest BCUT2D eigenvalue weighted by Gasteiger charge is 2.32. The number of aliphatic imine (C=N–C) groups is 1. The minimum atomic E-state index is -0.457. The monoisotopic (exact) mass is 325 g/mol. The molecule has 1 saturated heterocycles. The molecule has 0 radical (unpaired) electrons. The summed E-state index contributed by atoms with van der Waals surface area (Å²) in [5.74, 6) is -0.377. The van der Waals surface area contributed by atoms with Crippen molar-refractivity contribution in [3.8, 4) is 0 Å². The molecule has 116 valence electrons. The maximum Gasteiger partial charge on any atom is 0.240 e. The van der Waals surface area contributed by atoms with Crippen molar-refractivity contribution in [3.63, 3.8) is 0 Å². The van der Waals surface area contributed by atoms with Gasteiger partial charge in [-0.2, -0.15) is 0 Å². The van der Waals surface area contributed by atoms with E-state index in [0.717, 1.165) is 11.4 Å². The van der Waals surface area contributed by atoms with E-state index >= 15 is 0 Å². The summed E-state index contributed by atoms with van der Waals surface area (Å²) in [7, 11) is 0. The predicted molar refractivity (Wildman–Crippen MR) is 92.7 cm³/mol. The zero-order valence-corrected chi connectivity index (χ0v) is 13.0. The van der Waals surface area contributed by atoms with Crippen LogP contribution in [0.4, 0.5) is 11.4 Å². The van der Waals surface area contributed by atoms with Gasteiger partial charge in [0.2, 0.25) is 11.8 Å². The number of amidine groups is 1. The molecule has 0 bridgehead atoms. The van der Waals surface area contributed by atoms with Crippen LogP contribution in [0.1, 0.15) is 6.42 Å². The minimum absolute atomic E-state index is 0.110. The van der Waals surface area contributed by atoms with E-state index in [1.807, 2.05) is 60.7 Å². The Balaban J connectivity index is 1.60. The maximum absolute atomic E-state index is 12.0. The maximum atomic E-state index is 12.0. The van der Waals surface area contributed by atoms with E-state index in [0.29, 0.717) is 5.17 Å². The first kappa shape index (κ1) is 15.3. The van der Waals surface area contributed by atoms with Crippen molar-refractivity contribution in [1.29, 1.82) is 0 Å². The van der Waals surface area contributed by atoms with E-state index in [9.17, 15) is 9.59 Å². The van der Waals surface area contributed by atoms with Crippen LogP contribution in [0.25, 0.3) is 0 Å². The number of amides is 2. The third-order valence-electron chi connectivity index (χ3n) is 3.19. The van der Waals surface area contributed by atoms with Gasteiger partial charge in [0, 0.05) is 12.1 Å². The van der Waals surface area contributed by atoms with Crippen LogP contribution in [-0.2, 0) is 9.59 Å². The number of anilines is 1. The van der Waals surface area contributed by atoms with Gasteiger partial charge in [-0.05, 0) is 24.3 Å². The van der Waals surface area contributed by atoms with E-state index in [1.54, 1.807) is 0 Å². The molecule has 3 rings (SSSR count). The topological polar surface area (TPSA) is 70.6 Å². The van der Waals surface area contributed by atoms with E-state index in [2.05, 4.69) is 15.6 Å². The Morgan fingerprint density at radius 2 is 1.74 bits per heavy atom. The number of thioether (sulfide) groups is 1. The number of carbonyl (C=O) groups is 2. The summed E-state index contributed by atoms with van der Waals surface area (Å²) in [5.41, 5.74) is 1.49. The zero-order chi connectivity index (χ0) is 16.1. The molecule has 23 heavy (non-hydrogen) atoms. The Hall–Kier alpha value is -2.60. The van der Waals surface area contributed by atoms with Crippen LogP contribution in [0.3, 0.4) is 0 Å². The number of hydrogen-bond donors (Lipinski definition) is 2. The fourth-order valence-electron chi connectivity index (χ4n) is 2.11. The Morgan fingerprint density at radius 3 is 2.43 bits per heavy atom. The number of benzene rings is 2. The number of nitrogens with one attached hydrogen (secondary N) is 2. The van der Waals surface area contributed by atoms with Crippen LogP contribution in [0.5, 0.6) is 0 Å². The molecule has 0 aromatic heterocycles. The molecule has 1 heterocycles. The normalized spacial score (nSPS) is 18.7. The van der Waals surface area contributed by atoms with Gasteiger partial charge in [0.25, 0.3) is 0 Å². The summed E-state index contributed by atoms with van der Waals surface area (Å²) in [4.78, 5) is 28.4. The molecule has 2 aromatic rings. The van der Waals surface area contributed by atoms with Crippen molar-refractivity contribution in [3.05, 3.63) is 60.7 Å². The second-order valence-electron chi connectivity index (χ2n) is 4.97. The molecule has 1 aliphatic heterocycles. The Kier molecular flexibility index (Phi) is 4.73. The van der Waals surface area contributed by atoms with Crippen molar-refractivity contribution in [2.45, 2.75) is 11.7 Å². The van der Waals surface area contributed by atoms with Crippen LogP contribution in [-0.4, -0.2) is 22.2 Å². The highest BCUT2D eigenvalue weighted by molar-refractivity contribution is 8.15. The first-order valence-electron chi connectivity index (χ1n) is 7.17. The second kappa shape index (κ2) is 7.11. The molecule has 2 N–H and O–H groups in total. The molecule has 0 aliphatic carbocycles. The van der Waals surface area contributed by atoms with Crippen LogP contribution in [0.15, 0.2) is 65.7 Å². The number of nitrogens with zero attached hydrogens (tertiary/aromatic N) is 1. The van der Waals surface area contributed by atoms with Crippen molar-refractivity contribution in [2.75, 3.05) is 5.32 Å². The Morgan fingerprint density at radius 1 is 1.09 bits per heavy atom. The summed E-state index contributed by atoms with van der Waals surface area (Å²) in [6.07, 6.45) is 0.110. The van der Waals surface area contributed by atoms with Crippen LogP contribution >= 0.6 is 11.8 Å². The molecule has 2 aromatic carbocycles. The average Bonchev–Trinajstić information content (AvgIpc) is 2.88. The van der Waals surface area contributed by atoms with Gasteiger partial charge in [-0.1, -0.05) is 48.2 Å². The van der Waals surface area contributed by atoms with Crippen molar-refractivity contribution < 1.29 is 9.59 Å². The number of rotatable bonds is 4. The quantitative estimate of drug-likeness (QED) is 0.908. The zero-order valence-electron chi connectivity index (χ0n) is 12.2. The first-order valence-corrected chi connectivity index (χ1v) is 8.05. The molecule has 5 nitrogen and oxygen atoms in total. The standard InChI is InChI=1S/C17H15N3O2S/c21-15(18-12-7-3-1-4-8-12)11-14-16(22)20-17(23-14)19-13-9-5-2-6-10-13/h1-10,14H,11H2,(H,18,21)(H,19,20,22)/t14-/m1/s1. The molecular formula is C17H15N3O2S. The minimum Gasteiger partial charge on any atom is -0.326 e. The third kappa shape index (κ3) is 4.20. The molecule has 0 saturated carbocycles. The fraction of sp³-hybridized carbons (Fsp3) is 0.118. The largest absolute Gasteiger partial charge is 0.326 e. The lowest BCUT2D eigenvalue weighted by Crippen LogP contribution is -2.28. The molecule has 0 unspecified atom stereocenters. The molecule has 1 atom stereocenters. The van der Waals surface area contributed by atoms with E-state index in [4.69, 9.17) is 0 Å². The van der Waals surface area contributed by atoms with Gasteiger partial charge >= 0.3 is 0 Å². The summed E-state index contributed by atoms with van der Waals surface area (Å²) >= 11 is 1.28. The summed E-state index contributed by atoms with van der Waals surface area (Å²) in [5, 5.41) is 5.57. The average molecular weight is 325 g/mol. The second-order valence-corrected chi connectivity index (χ2v) is 6.16. The van der Waals surface area contributed by atoms with Crippen molar-refractivity contribution in [2.24, 2.45) is 4.99 Å². The van der Waals surface area contributed by atoms with Gasteiger partial charge < -0.3 is 10.6 Å².